The van der Waals surface area contributed by atoms with Crippen LogP contribution in [0.15, 0.2) is 36.9 Å². The number of halogens is 3. The van der Waals surface area contributed by atoms with E-state index in [9.17, 15) is 9.18 Å². The summed E-state index contributed by atoms with van der Waals surface area (Å²) < 4.78 is 27.0. The molecule has 0 saturated carbocycles. The van der Waals surface area contributed by atoms with Crippen molar-refractivity contribution < 1.29 is 18.7 Å². The Kier molecular flexibility index (Phi) is 7.80. The minimum atomic E-state index is -0.545. The van der Waals surface area contributed by atoms with E-state index in [4.69, 9.17) is 37.7 Å². The SMILES string of the molecule is CC(C)(C)OC(=O)N1CCC(n2cc(-c3cnc4[nH]cc(COCc5c(Cl)ccc(F)c5Cl)c4n3)cn2)CC1. The zero-order valence-corrected chi connectivity index (χ0v) is 23.4. The summed E-state index contributed by atoms with van der Waals surface area (Å²) in [6.07, 6.45) is 8.49. The molecule has 3 aromatic heterocycles. The molecule has 1 aliphatic rings. The van der Waals surface area contributed by atoms with E-state index < -0.39 is 11.4 Å². The average Bonchev–Trinajstić information content (AvgIpc) is 3.55. The van der Waals surface area contributed by atoms with Crippen molar-refractivity contribution in [2.24, 2.45) is 0 Å². The van der Waals surface area contributed by atoms with Crippen molar-refractivity contribution in [2.45, 2.75) is 58.5 Å². The van der Waals surface area contributed by atoms with Gasteiger partial charge in [0.25, 0.3) is 0 Å². The summed E-state index contributed by atoms with van der Waals surface area (Å²) in [7, 11) is 0. The molecule has 9 nitrogen and oxygen atoms in total. The second-order valence-electron chi connectivity index (χ2n) is 10.5. The van der Waals surface area contributed by atoms with E-state index in [0.717, 1.165) is 24.0 Å². The highest BCUT2D eigenvalue weighted by molar-refractivity contribution is 6.36. The number of fused-ring (bicyclic) bond motifs is 1. The molecule has 0 radical (unpaired) electrons. The Labute approximate surface area is 235 Å². The first-order chi connectivity index (χ1) is 18.6. The van der Waals surface area contributed by atoms with Crippen LogP contribution < -0.4 is 0 Å². The van der Waals surface area contributed by atoms with Crippen LogP contribution in [0.4, 0.5) is 9.18 Å². The van der Waals surface area contributed by atoms with Crippen LogP contribution in [0.3, 0.4) is 0 Å². The molecule has 1 aromatic carbocycles. The maximum absolute atomic E-state index is 13.8. The number of aromatic amines is 1. The number of amides is 1. The number of rotatable bonds is 6. The number of likely N-dealkylation sites (tertiary alicyclic amines) is 1. The predicted molar refractivity (Wildman–Crippen MR) is 146 cm³/mol. The molecule has 0 bridgehead atoms. The third kappa shape index (κ3) is 6.18. The Morgan fingerprint density at radius 3 is 2.69 bits per heavy atom. The highest BCUT2D eigenvalue weighted by atomic mass is 35.5. The molecule has 0 aliphatic carbocycles. The van der Waals surface area contributed by atoms with Gasteiger partial charge < -0.3 is 19.4 Å². The van der Waals surface area contributed by atoms with Gasteiger partial charge in [0.2, 0.25) is 0 Å². The number of nitrogens with one attached hydrogen (secondary N) is 1. The molecule has 1 saturated heterocycles. The van der Waals surface area contributed by atoms with E-state index in [1.165, 1.54) is 12.1 Å². The quantitative estimate of drug-likeness (QED) is 0.262. The average molecular weight is 575 g/mol. The number of hydrogen-bond donors (Lipinski definition) is 1. The lowest BCUT2D eigenvalue weighted by atomic mass is 10.1. The summed E-state index contributed by atoms with van der Waals surface area (Å²) in [5.41, 5.74) is 3.49. The third-order valence-corrected chi connectivity index (χ3v) is 7.25. The van der Waals surface area contributed by atoms with Gasteiger partial charge in [-0.25, -0.2) is 19.2 Å². The Bertz CT molecular complexity index is 1490. The molecule has 0 unspecified atom stereocenters. The lowest BCUT2D eigenvalue weighted by Gasteiger charge is -2.33. The van der Waals surface area contributed by atoms with Crippen molar-refractivity contribution in [2.75, 3.05) is 13.1 Å². The zero-order chi connectivity index (χ0) is 27.7. The molecule has 4 heterocycles. The van der Waals surface area contributed by atoms with Gasteiger partial charge in [-0.2, -0.15) is 5.10 Å². The second-order valence-corrected chi connectivity index (χ2v) is 11.3. The summed E-state index contributed by atoms with van der Waals surface area (Å²) in [5, 5.41) is 4.87. The van der Waals surface area contributed by atoms with Gasteiger partial charge in [0.05, 0.1) is 42.4 Å². The number of H-pyrrole nitrogens is 1. The number of ether oxygens (including phenoxy) is 2. The van der Waals surface area contributed by atoms with Crippen molar-refractivity contribution in [1.82, 2.24) is 29.6 Å². The number of aromatic nitrogens is 5. The standard InChI is InChI=1S/C27H29Cl2FN6O3/c1-27(2,3)39-26(37)35-8-6-18(7-9-35)36-13-16(11-33-36)22-12-32-25-24(34-22)17(10-31-25)14-38-15-19-20(28)4-5-21(30)23(19)29/h4-5,10-13,18H,6-9,14-15H2,1-3H3,(H,31,32). The molecular formula is C27H29Cl2FN6O3. The van der Waals surface area contributed by atoms with E-state index in [-0.39, 0.29) is 30.4 Å². The molecule has 5 rings (SSSR count). The minimum absolute atomic E-state index is 0.0453. The summed E-state index contributed by atoms with van der Waals surface area (Å²) in [4.78, 5) is 26.5. The molecule has 206 valence electrons. The van der Waals surface area contributed by atoms with E-state index in [1.807, 2.05) is 31.6 Å². The van der Waals surface area contributed by atoms with Crippen LogP contribution in [-0.2, 0) is 22.7 Å². The van der Waals surface area contributed by atoms with Crippen molar-refractivity contribution >= 4 is 40.5 Å². The number of piperidine rings is 1. The number of hydrogen-bond acceptors (Lipinski definition) is 6. The molecule has 0 atom stereocenters. The molecule has 39 heavy (non-hydrogen) atoms. The summed E-state index contributed by atoms with van der Waals surface area (Å²) in [6, 6.07) is 2.85. The smallest absolute Gasteiger partial charge is 0.410 e. The van der Waals surface area contributed by atoms with Crippen LogP contribution in [0.5, 0.6) is 0 Å². The van der Waals surface area contributed by atoms with Crippen LogP contribution in [0.1, 0.15) is 50.8 Å². The van der Waals surface area contributed by atoms with Crippen molar-refractivity contribution in [3.63, 3.8) is 0 Å². The van der Waals surface area contributed by atoms with Gasteiger partial charge >= 0.3 is 6.09 Å². The van der Waals surface area contributed by atoms with Crippen LogP contribution >= 0.6 is 23.2 Å². The number of carbonyl (C=O) groups is 1. The van der Waals surface area contributed by atoms with Crippen molar-refractivity contribution in [3.05, 3.63) is 63.9 Å². The fraction of sp³-hybridized carbons (Fsp3) is 0.407. The normalized spacial score (nSPS) is 14.8. The van der Waals surface area contributed by atoms with Gasteiger partial charge in [0.1, 0.15) is 16.9 Å². The third-order valence-electron chi connectivity index (χ3n) is 6.49. The highest BCUT2D eigenvalue weighted by Gasteiger charge is 2.28. The van der Waals surface area contributed by atoms with E-state index in [2.05, 4.69) is 15.1 Å². The van der Waals surface area contributed by atoms with Gasteiger partial charge in [-0.1, -0.05) is 23.2 Å². The van der Waals surface area contributed by atoms with Crippen LogP contribution in [-0.4, -0.2) is 54.4 Å². The lowest BCUT2D eigenvalue weighted by Crippen LogP contribution is -2.42. The maximum atomic E-state index is 13.8. The van der Waals surface area contributed by atoms with E-state index in [1.54, 1.807) is 23.5 Å². The topological polar surface area (TPSA) is 98.2 Å². The van der Waals surface area contributed by atoms with Gasteiger partial charge in [0.15, 0.2) is 5.65 Å². The summed E-state index contributed by atoms with van der Waals surface area (Å²) in [5.74, 6) is -0.545. The molecule has 1 aliphatic heterocycles. The second kappa shape index (κ2) is 11.1. The number of carbonyl (C=O) groups excluding carboxylic acids is 1. The maximum Gasteiger partial charge on any atom is 0.410 e. The Balaban J connectivity index is 1.24. The molecule has 1 fully saturated rings. The van der Waals surface area contributed by atoms with E-state index in [0.29, 0.717) is 40.5 Å². The molecule has 1 amide bonds. The van der Waals surface area contributed by atoms with E-state index >= 15 is 0 Å². The number of benzene rings is 1. The molecule has 12 heteroatoms. The highest BCUT2D eigenvalue weighted by Crippen LogP contribution is 2.29. The van der Waals surface area contributed by atoms with Crippen LogP contribution in [0, 0.1) is 5.82 Å². The zero-order valence-electron chi connectivity index (χ0n) is 21.9. The first kappa shape index (κ1) is 27.4. The van der Waals surface area contributed by atoms with Crippen molar-refractivity contribution in [1.29, 1.82) is 0 Å². The fourth-order valence-electron chi connectivity index (χ4n) is 4.47. The Morgan fingerprint density at radius 1 is 1.18 bits per heavy atom. The first-order valence-electron chi connectivity index (χ1n) is 12.6. The molecular weight excluding hydrogens is 546 g/mol. The summed E-state index contributed by atoms with van der Waals surface area (Å²) >= 11 is 12.2. The van der Waals surface area contributed by atoms with Gasteiger partial charge in [-0.3, -0.25) is 4.68 Å². The summed E-state index contributed by atoms with van der Waals surface area (Å²) in [6.45, 7) is 7.08. The van der Waals surface area contributed by atoms with Gasteiger partial charge in [-0.15, -0.1) is 0 Å². The molecule has 4 aromatic rings. The fourth-order valence-corrected chi connectivity index (χ4v) is 4.95. The number of nitrogens with zero attached hydrogens (tertiary/aromatic N) is 5. The van der Waals surface area contributed by atoms with Crippen LogP contribution in [0.2, 0.25) is 10.0 Å². The van der Waals surface area contributed by atoms with Crippen molar-refractivity contribution in [3.8, 4) is 11.3 Å². The largest absolute Gasteiger partial charge is 0.444 e. The van der Waals surface area contributed by atoms with Gasteiger partial charge in [0, 0.05) is 47.2 Å². The van der Waals surface area contributed by atoms with Crippen LogP contribution in [0.25, 0.3) is 22.4 Å². The lowest BCUT2D eigenvalue weighted by molar-refractivity contribution is 0.0185. The van der Waals surface area contributed by atoms with Gasteiger partial charge in [-0.05, 0) is 45.7 Å². The molecule has 0 spiro atoms. The molecule has 1 N–H and O–H groups in total. The predicted octanol–water partition coefficient (Wildman–Crippen LogP) is 6.56. The first-order valence-corrected chi connectivity index (χ1v) is 13.4. The minimum Gasteiger partial charge on any atom is -0.444 e. The monoisotopic (exact) mass is 574 g/mol. The Hall–Kier alpha value is -3.21. The Morgan fingerprint density at radius 2 is 1.95 bits per heavy atom.